The van der Waals surface area contributed by atoms with Crippen LogP contribution in [0.15, 0.2) is 52.1 Å². The fourth-order valence-electron chi connectivity index (χ4n) is 2.46. The van der Waals surface area contributed by atoms with Gasteiger partial charge in [0.25, 0.3) is 5.22 Å². The summed E-state index contributed by atoms with van der Waals surface area (Å²) in [6.45, 7) is 5.99. The fourth-order valence-corrected chi connectivity index (χ4v) is 3.02. The van der Waals surface area contributed by atoms with Crippen LogP contribution in [0.4, 0.5) is 5.69 Å². The average molecular weight is 353 g/mol. The molecule has 0 unspecified atom stereocenters. The summed E-state index contributed by atoms with van der Waals surface area (Å²) in [4.78, 5) is 12.1. The number of aromatic nitrogens is 2. The number of anilines is 1. The molecule has 25 heavy (non-hydrogen) atoms. The van der Waals surface area contributed by atoms with E-state index >= 15 is 0 Å². The highest BCUT2D eigenvalue weighted by molar-refractivity contribution is 7.99. The van der Waals surface area contributed by atoms with Gasteiger partial charge in [-0.25, -0.2) is 0 Å². The van der Waals surface area contributed by atoms with E-state index in [1.54, 1.807) is 0 Å². The normalized spacial score (nSPS) is 10.7. The van der Waals surface area contributed by atoms with E-state index in [1.165, 1.54) is 17.3 Å². The van der Waals surface area contributed by atoms with Gasteiger partial charge in [0.15, 0.2) is 0 Å². The molecule has 2 aromatic carbocycles. The highest BCUT2D eigenvalue weighted by Gasteiger charge is 2.13. The maximum atomic E-state index is 12.1. The first-order valence-electron chi connectivity index (χ1n) is 7.92. The molecule has 0 spiro atoms. The Kier molecular flexibility index (Phi) is 5.19. The second kappa shape index (κ2) is 7.53. The number of nitrogens with zero attached hydrogens (tertiary/aromatic N) is 2. The largest absolute Gasteiger partial charge is 0.411 e. The molecule has 6 heteroatoms. The van der Waals surface area contributed by atoms with Crippen LogP contribution in [0, 0.1) is 20.8 Å². The number of thioether (sulfide) groups is 1. The van der Waals surface area contributed by atoms with Crippen molar-refractivity contribution in [2.45, 2.75) is 26.0 Å². The van der Waals surface area contributed by atoms with Gasteiger partial charge in [-0.2, -0.15) is 0 Å². The van der Waals surface area contributed by atoms with Crippen molar-refractivity contribution in [2.24, 2.45) is 0 Å². The van der Waals surface area contributed by atoms with Crippen molar-refractivity contribution in [2.75, 3.05) is 11.1 Å². The molecule has 0 radical (unpaired) electrons. The SMILES string of the molecule is Cc1ccc(NC(=O)CSc2nnc(-c3ccccc3C)o2)c(C)c1. The minimum Gasteiger partial charge on any atom is -0.411 e. The fraction of sp³-hybridized carbons (Fsp3) is 0.211. The van der Waals surface area contributed by atoms with E-state index in [9.17, 15) is 4.79 Å². The molecule has 5 nitrogen and oxygen atoms in total. The summed E-state index contributed by atoms with van der Waals surface area (Å²) >= 11 is 1.23. The Morgan fingerprint density at radius 2 is 1.88 bits per heavy atom. The topological polar surface area (TPSA) is 68.0 Å². The first-order valence-corrected chi connectivity index (χ1v) is 8.91. The van der Waals surface area contributed by atoms with E-state index < -0.39 is 0 Å². The molecule has 1 heterocycles. The Morgan fingerprint density at radius 3 is 2.64 bits per heavy atom. The molecule has 0 atom stereocenters. The van der Waals surface area contributed by atoms with E-state index in [4.69, 9.17) is 4.42 Å². The third-order valence-corrected chi connectivity index (χ3v) is 4.58. The van der Waals surface area contributed by atoms with Crippen molar-refractivity contribution < 1.29 is 9.21 Å². The van der Waals surface area contributed by atoms with Crippen molar-refractivity contribution in [3.63, 3.8) is 0 Å². The summed E-state index contributed by atoms with van der Waals surface area (Å²) in [5, 5.41) is 11.4. The first kappa shape index (κ1) is 17.2. The van der Waals surface area contributed by atoms with Crippen molar-refractivity contribution in [3.8, 4) is 11.5 Å². The maximum Gasteiger partial charge on any atom is 0.277 e. The molecule has 0 fully saturated rings. The minimum atomic E-state index is -0.104. The van der Waals surface area contributed by atoms with E-state index in [-0.39, 0.29) is 11.7 Å². The molecule has 1 amide bonds. The van der Waals surface area contributed by atoms with E-state index in [1.807, 2.05) is 63.2 Å². The van der Waals surface area contributed by atoms with Gasteiger partial charge in [-0.05, 0) is 44.0 Å². The van der Waals surface area contributed by atoms with Crippen LogP contribution in [0.5, 0.6) is 0 Å². The molecule has 0 bridgehead atoms. The Bertz CT molecular complexity index is 905. The lowest BCUT2D eigenvalue weighted by Crippen LogP contribution is -2.14. The predicted molar refractivity (Wildman–Crippen MR) is 99.7 cm³/mol. The number of hydrogen-bond donors (Lipinski definition) is 1. The lowest BCUT2D eigenvalue weighted by atomic mass is 10.1. The third-order valence-electron chi connectivity index (χ3n) is 3.76. The van der Waals surface area contributed by atoms with Gasteiger partial charge in [0.1, 0.15) is 0 Å². The van der Waals surface area contributed by atoms with Crippen LogP contribution in [0.1, 0.15) is 16.7 Å². The Labute approximate surface area is 150 Å². The molecular weight excluding hydrogens is 334 g/mol. The van der Waals surface area contributed by atoms with Crippen LogP contribution in [0.2, 0.25) is 0 Å². The first-order chi connectivity index (χ1) is 12.0. The second-order valence-electron chi connectivity index (χ2n) is 5.84. The number of carbonyl (C=O) groups excluding carboxylic acids is 1. The van der Waals surface area contributed by atoms with Crippen LogP contribution in [-0.4, -0.2) is 21.9 Å². The summed E-state index contributed by atoms with van der Waals surface area (Å²) < 4.78 is 5.65. The number of amides is 1. The van der Waals surface area contributed by atoms with Gasteiger partial charge in [-0.15, -0.1) is 10.2 Å². The molecule has 0 aliphatic heterocycles. The summed E-state index contributed by atoms with van der Waals surface area (Å²) in [5.74, 6) is 0.575. The number of nitrogens with one attached hydrogen (secondary N) is 1. The molecule has 3 aromatic rings. The Morgan fingerprint density at radius 1 is 1.08 bits per heavy atom. The zero-order chi connectivity index (χ0) is 17.8. The summed E-state index contributed by atoms with van der Waals surface area (Å²) in [6, 6.07) is 13.7. The van der Waals surface area contributed by atoms with Crippen LogP contribution >= 0.6 is 11.8 Å². The number of carbonyl (C=O) groups is 1. The zero-order valence-electron chi connectivity index (χ0n) is 14.4. The van der Waals surface area contributed by atoms with E-state index in [0.717, 1.165) is 22.4 Å². The van der Waals surface area contributed by atoms with Gasteiger partial charge >= 0.3 is 0 Å². The quantitative estimate of drug-likeness (QED) is 0.689. The van der Waals surface area contributed by atoms with Gasteiger partial charge in [-0.3, -0.25) is 4.79 Å². The lowest BCUT2D eigenvalue weighted by Gasteiger charge is -2.08. The molecule has 1 aromatic heterocycles. The smallest absolute Gasteiger partial charge is 0.277 e. The van der Waals surface area contributed by atoms with Gasteiger partial charge in [0, 0.05) is 11.3 Å². The predicted octanol–water partition coefficient (Wildman–Crippen LogP) is 4.39. The van der Waals surface area contributed by atoms with Gasteiger partial charge in [-0.1, -0.05) is 47.7 Å². The minimum absolute atomic E-state index is 0.104. The van der Waals surface area contributed by atoms with Crippen LogP contribution in [0.25, 0.3) is 11.5 Å². The summed E-state index contributed by atoms with van der Waals surface area (Å²) in [5.41, 5.74) is 5.00. The zero-order valence-corrected chi connectivity index (χ0v) is 15.2. The number of aryl methyl sites for hydroxylation is 3. The Balaban J connectivity index is 1.60. The molecule has 0 aliphatic carbocycles. The number of benzene rings is 2. The van der Waals surface area contributed by atoms with Gasteiger partial charge < -0.3 is 9.73 Å². The van der Waals surface area contributed by atoms with Crippen molar-refractivity contribution in [1.29, 1.82) is 0 Å². The van der Waals surface area contributed by atoms with Crippen LogP contribution in [0.3, 0.4) is 0 Å². The average Bonchev–Trinajstić information content (AvgIpc) is 3.05. The summed E-state index contributed by atoms with van der Waals surface area (Å²) in [7, 11) is 0. The van der Waals surface area contributed by atoms with Gasteiger partial charge in [0.05, 0.1) is 5.75 Å². The maximum absolute atomic E-state index is 12.1. The number of rotatable bonds is 5. The van der Waals surface area contributed by atoms with E-state index in [2.05, 4.69) is 15.5 Å². The van der Waals surface area contributed by atoms with Crippen LogP contribution < -0.4 is 5.32 Å². The molecule has 0 saturated carbocycles. The molecule has 0 aliphatic rings. The number of hydrogen-bond acceptors (Lipinski definition) is 5. The second-order valence-corrected chi connectivity index (χ2v) is 6.77. The molecule has 0 saturated heterocycles. The molecule has 3 rings (SSSR count). The monoisotopic (exact) mass is 353 g/mol. The van der Waals surface area contributed by atoms with Gasteiger partial charge in [0.2, 0.25) is 11.8 Å². The van der Waals surface area contributed by atoms with Crippen molar-refractivity contribution in [3.05, 3.63) is 59.2 Å². The molecule has 1 N–H and O–H groups in total. The Hall–Kier alpha value is -2.60. The van der Waals surface area contributed by atoms with Crippen molar-refractivity contribution >= 4 is 23.4 Å². The van der Waals surface area contributed by atoms with Crippen LogP contribution in [-0.2, 0) is 4.79 Å². The molecular formula is C19H19N3O2S. The highest BCUT2D eigenvalue weighted by Crippen LogP contribution is 2.25. The van der Waals surface area contributed by atoms with E-state index in [0.29, 0.717) is 11.1 Å². The third kappa shape index (κ3) is 4.28. The lowest BCUT2D eigenvalue weighted by molar-refractivity contribution is -0.113. The standard InChI is InChI=1S/C19H19N3O2S/c1-12-8-9-16(14(3)10-12)20-17(23)11-25-19-22-21-18(24-19)15-7-5-4-6-13(15)2/h4-10H,11H2,1-3H3,(H,20,23). The molecule has 128 valence electrons. The summed E-state index contributed by atoms with van der Waals surface area (Å²) in [6.07, 6.45) is 0. The van der Waals surface area contributed by atoms with Crippen molar-refractivity contribution in [1.82, 2.24) is 10.2 Å². The highest BCUT2D eigenvalue weighted by atomic mass is 32.2.